The maximum absolute atomic E-state index is 12.3. The Bertz CT molecular complexity index is 485. The van der Waals surface area contributed by atoms with E-state index >= 15 is 0 Å². The lowest BCUT2D eigenvalue weighted by Gasteiger charge is -2.43. The van der Waals surface area contributed by atoms with Crippen molar-refractivity contribution in [1.82, 2.24) is 4.90 Å². The first-order chi connectivity index (χ1) is 9.00. The van der Waals surface area contributed by atoms with Crippen molar-refractivity contribution in [2.75, 3.05) is 6.54 Å². The molecule has 0 aromatic heterocycles. The molecule has 2 rings (SSSR count). The fourth-order valence-electron chi connectivity index (χ4n) is 1.92. The number of hydrogen-bond acceptors (Lipinski definition) is 3. The van der Waals surface area contributed by atoms with E-state index in [4.69, 9.17) is 5.73 Å². The molecule has 2 amide bonds. The summed E-state index contributed by atoms with van der Waals surface area (Å²) >= 11 is 1.92. The number of benzene rings is 1. The van der Waals surface area contributed by atoms with E-state index in [1.54, 1.807) is 0 Å². The molecule has 19 heavy (non-hydrogen) atoms. The Morgan fingerprint density at radius 2 is 2.05 bits per heavy atom. The van der Waals surface area contributed by atoms with Crippen molar-refractivity contribution < 1.29 is 14.1 Å². The van der Waals surface area contributed by atoms with Crippen LogP contribution in [0, 0.1) is 0 Å². The molecule has 1 heterocycles. The topological polar surface area (TPSA) is 86.5 Å². The molecule has 0 saturated carbocycles. The third kappa shape index (κ3) is 3.10. The quantitative estimate of drug-likeness (QED) is 0.475. The Morgan fingerprint density at radius 1 is 1.42 bits per heavy atom. The van der Waals surface area contributed by atoms with Crippen LogP contribution in [0.1, 0.15) is 5.56 Å². The second-order valence-electron chi connectivity index (χ2n) is 4.24. The number of alkyl halides is 1. The highest BCUT2D eigenvalue weighted by Crippen LogP contribution is 2.32. The minimum absolute atomic E-state index is 0.188. The van der Waals surface area contributed by atoms with Crippen LogP contribution in [0.2, 0.25) is 0 Å². The van der Waals surface area contributed by atoms with Crippen molar-refractivity contribution >= 4 is 38.9 Å². The van der Waals surface area contributed by atoms with Gasteiger partial charge in [0.05, 0.1) is 0 Å². The highest BCUT2D eigenvalue weighted by Gasteiger charge is 2.53. The number of amides is 2. The number of halogens is 1. The molecule has 1 saturated heterocycles. The Balaban J connectivity index is 2.03. The molecule has 1 aromatic carbocycles. The summed E-state index contributed by atoms with van der Waals surface area (Å²) in [5.41, 5.74) is 6.01. The highest BCUT2D eigenvalue weighted by atomic mass is 79.9. The van der Waals surface area contributed by atoms with E-state index in [9.17, 15) is 14.1 Å². The minimum atomic E-state index is -1.28. The molecule has 0 bridgehead atoms. The van der Waals surface area contributed by atoms with Crippen molar-refractivity contribution in [1.29, 1.82) is 0 Å². The van der Waals surface area contributed by atoms with Gasteiger partial charge < -0.3 is 10.3 Å². The fraction of sp³-hybridized carbons (Fsp3) is 0.333. The molecule has 0 spiro atoms. The molecule has 0 radical (unpaired) electrons. The van der Waals surface area contributed by atoms with Gasteiger partial charge in [0.15, 0.2) is 4.83 Å². The number of rotatable bonds is 5. The first-order valence-electron chi connectivity index (χ1n) is 5.64. The summed E-state index contributed by atoms with van der Waals surface area (Å²) in [5, 5.41) is -0.500. The number of nitrogens with two attached hydrogens (primary N) is 1. The molecule has 102 valence electrons. The van der Waals surface area contributed by atoms with Crippen molar-refractivity contribution in [2.45, 2.75) is 16.0 Å². The molecular weight excluding hydrogens is 332 g/mol. The zero-order valence-corrected chi connectivity index (χ0v) is 12.4. The van der Waals surface area contributed by atoms with Gasteiger partial charge >= 0.3 is 0 Å². The molecule has 1 aliphatic heterocycles. The van der Waals surface area contributed by atoms with Crippen molar-refractivity contribution in [3.63, 3.8) is 0 Å². The van der Waals surface area contributed by atoms with Gasteiger partial charge in [-0.05, 0) is 11.2 Å². The van der Waals surface area contributed by atoms with E-state index in [2.05, 4.69) is 15.9 Å². The van der Waals surface area contributed by atoms with Crippen LogP contribution in [0.4, 0.5) is 0 Å². The normalized spacial score (nSPS) is 23.9. The minimum Gasteiger partial charge on any atom is -0.614 e. The smallest absolute Gasteiger partial charge is 0.247 e. The van der Waals surface area contributed by atoms with E-state index in [1.807, 2.05) is 30.3 Å². The summed E-state index contributed by atoms with van der Waals surface area (Å²) in [6.45, 7) is -0.188. The Hall–Kier alpha value is -1.05. The van der Waals surface area contributed by atoms with Gasteiger partial charge in [-0.2, -0.15) is 0 Å². The lowest BCUT2D eigenvalue weighted by atomic mass is 10.2. The number of carbonyl (C=O) groups excluding carboxylic acids is 2. The van der Waals surface area contributed by atoms with Gasteiger partial charge in [0, 0.05) is 5.56 Å². The Labute approximate surface area is 122 Å². The second kappa shape index (κ2) is 5.94. The number of nitrogens with zero attached hydrogens (tertiary/aromatic N) is 1. The second-order valence-corrected chi connectivity index (χ2v) is 6.76. The Morgan fingerprint density at radius 3 is 2.63 bits per heavy atom. The van der Waals surface area contributed by atoms with Crippen LogP contribution in [0.3, 0.4) is 0 Å². The van der Waals surface area contributed by atoms with Crippen molar-refractivity contribution in [3.05, 3.63) is 35.9 Å². The summed E-state index contributed by atoms with van der Waals surface area (Å²) in [7, 11) is 0. The molecular formula is C12H13BrN2O3S. The standard InChI is InChI=1S/C12H13BrN2O3S/c13-10-11(17)15(6-9(14)16)12(10)19(18)7-8-4-2-1-3-5-8/h1-5,10,12H,6-7H2,(H2,14,16)/t10?,12-,19?/m1/s1. The van der Waals surface area contributed by atoms with E-state index in [0.717, 1.165) is 5.56 Å². The zero-order valence-electron chi connectivity index (χ0n) is 9.99. The summed E-state index contributed by atoms with van der Waals surface area (Å²) in [5.74, 6) is -0.504. The SMILES string of the molecule is NC(=O)CN1C(=O)C(Br)[C@H]1[S+]([O-])Cc1ccccc1. The lowest BCUT2D eigenvalue weighted by molar-refractivity contribution is -0.143. The number of primary amides is 1. The maximum atomic E-state index is 12.3. The van der Waals surface area contributed by atoms with Crippen molar-refractivity contribution in [2.24, 2.45) is 5.73 Å². The number of carbonyl (C=O) groups is 2. The van der Waals surface area contributed by atoms with Crippen LogP contribution in [0.15, 0.2) is 30.3 Å². The molecule has 7 heteroatoms. The summed E-state index contributed by atoms with van der Waals surface area (Å²) in [4.78, 5) is 23.3. The molecule has 0 aliphatic carbocycles. The molecule has 2 N–H and O–H groups in total. The summed E-state index contributed by atoms with van der Waals surface area (Å²) in [6.07, 6.45) is 0. The molecule has 1 aliphatic rings. The molecule has 5 nitrogen and oxygen atoms in total. The van der Waals surface area contributed by atoms with Crippen LogP contribution in [0.25, 0.3) is 0 Å². The number of likely N-dealkylation sites (tertiary alicyclic amines) is 1. The average Bonchev–Trinajstić information content (AvgIpc) is 2.38. The van der Waals surface area contributed by atoms with Gasteiger partial charge in [-0.1, -0.05) is 46.3 Å². The molecule has 2 unspecified atom stereocenters. The lowest BCUT2D eigenvalue weighted by Crippen LogP contribution is -2.66. The molecule has 3 atom stereocenters. The van der Waals surface area contributed by atoms with Gasteiger partial charge in [0.2, 0.25) is 17.2 Å². The van der Waals surface area contributed by atoms with E-state index in [-0.39, 0.29) is 12.5 Å². The van der Waals surface area contributed by atoms with Crippen LogP contribution < -0.4 is 5.73 Å². The third-order valence-corrected chi connectivity index (χ3v) is 5.75. The van der Waals surface area contributed by atoms with E-state index in [1.165, 1.54) is 4.90 Å². The first kappa shape index (κ1) is 14.4. The maximum Gasteiger partial charge on any atom is 0.247 e. The van der Waals surface area contributed by atoms with Crippen LogP contribution >= 0.6 is 15.9 Å². The van der Waals surface area contributed by atoms with Gasteiger partial charge in [-0.3, -0.25) is 14.5 Å². The van der Waals surface area contributed by atoms with Crippen LogP contribution in [-0.2, 0) is 26.5 Å². The van der Waals surface area contributed by atoms with Gasteiger partial charge in [0.25, 0.3) is 0 Å². The highest BCUT2D eigenvalue weighted by molar-refractivity contribution is 9.10. The van der Waals surface area contributed by atoms with Gasteiger partial charge in [0.1, 0.15) is 12.3 Å². The van der Waals surface area contributed by atoms with Crippen molar-refractivity contribution in [3.8, 4) is 0 Å². The van der Waals surface area contributed by atoms with Gasteiger partial charge in [-0.15, -0.1) is 0 Å². The monoisotopic (exact) mass is 344 g/mol. The summed E-state index contributed by atoms with van der Waals surface area (Å²) < 4.78 is 12.3. The summed E-state index contributed by atoms with van der Waals surface area (Å²) in [6, 6.07) is 9.36. The number of β-lactam (4-membered cyclic amide) rings is 1. The molecule has 1 fully saturated rings. The predicted octanol–water partition coefficient (Wildman–Crippen LogP) is 0.352. The predicted molar refractivity (Wildman–Crippen MR) is 75.7 cm³/mol. The zero-order chi connectivity index (χ0) is 14.0. The van der Waals surface area contributed by atoms with Crippen LogP contribution in [-0.4, -0.2) is 38.0 Å². The van der Waals surface area contributed by atoms with Gasteiger partial charge in [-0.25, -0.2) is 0 Å². The number of hydrogen-bond donors (Lipinski definition) is 1. The van der Waals surface area contributed by atoms with Crippen LogP contribution in [0.5, 0.6) is 0 Å². The molecule has 1 aromatic rings. The van der Waals surface area contributed by atoms with E-state index < -0.39 is 27.3 Å². The largest absolute Gasteiger partial charge is 0.614 e. The first-order valence-corrected chi connectivity index (χ1v) is 7.94. The Kier molecular flexibility index (Phi) is 4.49. The fourth-order valence-corrected chi connectivity index (χ4v) is 4.72. The van der Waals surface area contributed by atoms with E-state index in [0.29, 0.717) is 5.75 Å². The third-order valence-electron chi connectivity index (χ3n) is 2.82. The average molecular weight is 345 g/mol.